The number of rotatable bonds is 2. The van der Waals surface area contributed by atoms with E-state index in [1.807, 2.05) is 0 Å². The Morgan fingerprint density at radius 1 is 1.40 bits per heavy atom. The van der Waals surface area contributed by atoms with Crippen LogP contribution < -0.4 is 57.1 Å². The Balaban J connectivity index is 0. The molecule has 1 atom stereocenters. The fraction of sp³-hybridized carbons (Fsp3) is 1.00. The molecule has 0 saturated carbocycles. The minimum atomic E-state index is -4.27. The van der Waals surface area contributed by atoms with Gasteiger partial charge in [0.2, 0.25) is 0 Å². The number of hydrogen-bond acceptors (Lipinski definition) is 4. The van der Waals surface area contributed by atoms with Gasteiger partial charge < -0.3 is 10.3 Å². The van der Waals surface area contributed by atoms with Crippen LogP contribution in [0.3, 0.4) is 0 Å². The van der Waals surface area contributed by atoms with E-state index in [0.717, 1.165) is 0 Å². The van der Waals surface area contributed by atoms with E-state index in [4.69, 9.17) is 5.73 Å². The molecule has 0 heterocycles. The molecular weight excluding hydrogens is 181 g/mol. The van der Waals surface area contributed by atoms with Crippen LogP contribution in [0, 0.1) is 5.92 Å². The van der Waals surface area contributed by atoms with E-state index in [9.17, 15) is 13.0 Å². The molecule has 0 aliphatic rings. The van der Waals surface area contributed by atoms with Crippen LogP contribution in [0.1, 0.15) is 13.8 Å². The standard InChI is InChI=1S/C4H11NO3S.K/c1-3(2)4(5)9(6,7)8;/h3-4H,5H2,1-2H3,(H,6,7,8);/q;+1/p-1. The summed E-state index contributed by atoms with van der Waals surface area (Å²) in [5, 5.41) is -1.27. The first kappa shape index (κ1) is 14.1. The van der Waals surface area contributed by atoms with Crippen molar-refractivity contribution in [2.75, 3.05) is 0 Å². The average molecular weight is 191 g/mol. The molecule has 0 amide bonds. The topological polar surface area (TPSA) is 83.2 Å². The molecule has 0 aliphatic carbocycles. The maximum Gasteiger partial charge on any atom is 1.00 e. The maximum absolute atomic E-state index is 10.1. The predicted octanol–water partition coefficient (Wildman–Crippen LogP) is -3.52. The van der Waals surface area contributed by atoms with Gasteiger partial charge in [0.15, 0.2) is 0 Å². The van der Waals surface area contributed by atoms with Gasteiger partial charge in [0.25, 0.3) is 0 Å². The Hall–Kier alpha value is 1.51. The van der Waals surface area contributed by atoms with Crippen LogP contribution in [-0.4, -0.2) is 18.3 Å². The number of hydrogen-bond donors (Lipinski definition) is 1. The molecule has 0 rings (SSSR count). The van der Waals surface area contributed by atoms with Crippen molar-refractivity contribution >= 4 is 10.1 Å². The molecule has 0 spiro atoms. The summed E-state index contributed by atoms with van der Waals surface area (Å²) in [5.74, 6) is -0.313. The Morgan fingerprint density at radius 2 is 1.70 bits per heavy atom. The molecule has 2 N–H and O–H groups in total. The maximum atomic E-state index is 10.1. The molecular formula is C4H10KNO3S. The van der Waals surface area contributed by atoms with E-state index in [2.05, 4.69) is 0 Å². The molecule has 10 heavy (non-hydrogen) atoms. The third kappa shape index (κ3) is 5.20. The molecule has 4 nitrogen and oxygen atoms in total. The van der Waals surface area contributed by atoms with Crippen LogP contribution in [0.15, 0.2) is 0 Å². The zero-order valence-electron chi connectivity index (χ0n) is 6.37. The zero-order valence-corrected chi connectivity index (χ0v) is 10.3. The predicted molar refractivity (Wildman–Crippen MR) is 32.5 cm³/mol. The van der Waals surface area contributed by atoms with Gasteiger partial charge in [-0.3, -0.25) is 0 Å². The smallest absolute Gasteiger partial charge is 0.747 e. The molecule has 0 saturated heterocycles. The van der Waals surface area contributed by atoms with Crippen molar-refractivity contribution in [1.29, 1.82) is 0 Å². The minimum absolute atomic E-state index is 0. The first-order valence-electron chi connectivity index (χ1n) is 2.56. The van der Waals surface area contributed by atoms with Crippen LogP contribution in [-0.2, 0) is 10.1 Å². The van der Waals surface area contributed by atoms with E-state index >= 15 is 0 Å². The SMILES string of the molecule is CC(C)C(N)S(=O)(=O)[O-].[K+]. The molecule has 0 fully saturated rings. The molecule has 0 aromatic carbocycles. The van der Waals surface area contributed by atoms with E-state index in [0.29, 0.717) is 0 Å². The van der Waals surface area contributed by atoms with Crippen molar-refractivity contribution in [3.63, 3.8) is 0 Å². The molecule has 0 radical (unpaired) electrons. The molecule has 0 aliphatic heterocycles. The van der Waals surface area contributed by atoms with E-state index in [1.54, 1.807) is 13.8 Å². The van der Waals surface area contributed by atoms with E-state index < -0.39 is 15.5 Å². The minimum Gasteiger partial charge on any atom is -0.747 e. The van der Waals surface area contributed by atoms with Crippen molar-refractivity contribution in [1.82, 2.24) is 0 Å². The fourth-order valence-electron chi connectivity index (χ4n) is 0.333. The van der Waals surface area contributed by atoms with Crippen molar-refractivity contribution in [2.45, 2.75) is 19.2 Å². The molecule has 0 bridgehead atoms. The Kier molecular flexibility index (Phi) is 7.32. The summed E-state index contributed by atoms with van der Waals surface area (Å²) in [7, 11) is -4.27. The Bertz CT molecular complexity index is 177. The van der Waals surface area contributed by atoms with Crippen LogP contribution in [0.25, 0.3) is 0 Å². The average Bonchev–Trinajstić information content (AvgIpc) is 1.62. The third-order valence-corrected chi connectivity index (χ3v) is 2.20. The van der Waals surface area contributed by atoms with Gasteiger partial charge in [-0.2, -0.15) is 0 Å². The summed E-state index contributed by atoms with van der Waals surface area (Å²) in [6.45, 7) is 3.17. The molecule has 1 unspecified atom stereocenters. The van der Waals surface area contributed by atoms with Gasteiger partial charge >= 0.3 is 51.4 Å². The number of nitrogens with two attached hydrogens (primary N) is 1. The fourth-order valence-corrected chi connectivity index (χ4v) is 1.00. The summed E-state index contributed by atoms with van der Waals surface area (Å²) >= 11 is 0. The largest absolute Gasteiger partial charge is 1.00 e. The molecule has 56 valence electrons. The molecule has 0 aromatic rings. The van der Waals surface area contributed by atoms with Crippen molar-refractivity contribution in [2.24, 2.45) is 11.7 Å². The van der Waals surface area contributed by atoms with Crippen molar-refractivity contribution < 1.29 is 64.4 Å². The van der Waals surface area contributed by atoms with Gasteiger partial charge in [0, 0.05) is 0 Å². The zero-order chi connectivity index (χ0) is 7.65. The second-order valence-electron chi connectivity index (χ2n) is 2.20. The van der Waals surface area contributed by atoms with E-state index in [1.165, 1.54) is 0 Å². The second-order valence-corrected chi connectivity index (χ2v) is 3.73. The summed E-state index contributed by atoms with van der Waals surface area (Å²) in [5.41, 5.74) is 4.99. The molecule has 6 heteroatoms. The second kappa shape index (κ2) is 5.20. The van der Waals surface area contributed by atoms with Crippen LogP contribution >= 0.6 is 0 Å². The molecule has 0 aromatic heterocycles. The third-order valence-electron chi connectivity index (χ3n) is 0.990. The van der Waals surface area contributed by atoms with Crippen LogP contribution in [0.5, 0.6) is 0 Å². The van der Waals surface area contributed by atoms with Gasteiger partial charge in [-0.05, 0) is 5.92 Å². The summed E-state index contributed by atoms with van der Waals surface area (Å²) in [4.78, 5) is 0. The normalized spacial score (nSPS) is 14.5. The Morgan fingerprint density at radius 3 is 1.70 bits per heavy atom. The monoisotopic (exact) mass is 191 g/mol. The van der Waals surface area contributed by atoms with Gasteiger partial charge in [0.05, 0.1) is 5.37 Å². The van der Waals surface area contributed by atoms with Crippen molar-refractivity contribution in [3.05, 3.63) is 0 Å². The first-order valence-corrected chi connectivity index (χ1v) is 4.03. The van der Waals surface area contributed by atoms with Gasteiger partial charge in [-0.1, -0.05) is 13.8 Å². The van der Waals surface area contributed by atoms with E-state index in [-0.39, 0.29) is 57.3 Å². The van der Waals surface area contributed by atoms with Gasteiger partial charge in [-0.25, -0.2) is 8.42 Å². The van der Waals surface area contributed by atoms with Gasteiger partial charge in [0.1, 0.15) is 10.1 Å². The van der Waals surface area contributed by atoms with Crippen molar-refractivity contribution in [3.8, 4) is 0 Å². The Labute approximate surface area is 104 Å². The summed E-state index contributed by atoms with van der Waals surface area (Å²) < 4.78 is 30.3. The summed E-state index contributed by atoms with van der Waals surface area (Å²) in [6, 6.07) is 0. The van der Waals surface area contributed by atoms with Crippen LogP contribution in [0.4, 0.5) is 0 Å². The quantitative estimate of drug-likeness (QED) is 0.362. The first-order chi connectivity index (χ1) is 3.85. The summed E-state index contributed by atoms with van der Waals surface area (Å²) in [6.07, 6.45) is 0. The van der Waals surface area contributed by atoms with Crippen LogP contribution in [0.2, 0.25) is 0 Å². The van der Waals surface area contributed by atoms with Gasteiger partial charge in [-0.15, -0.1) is 0 Å².